The van der Waals surface area contributed by atoms with E-state index in [2.05, 4.69) is 28.1 Å². The molecule has 0 aliphatic carbocycles. The summed E-state index contributed by atoms with van der Waals surface area (Å²) >= 11 is 0. The molecule has 0 bridgehead atoms. The number of hydrogen-bond acceptors (Lipinski definition) is 2. The van der Waals surface area contributed by atoms with Gasteiger partial charge in [-0.25, -0.2) is 0 Å². The van der Waals surface area contributed by atoms with Crippen LogP contribution in [-0.4, -0.2) is 44.7 Å². The van der Waals surface area contributed by atoms with E-state index in [9.17, 15) is 4.79 Å². The van der Waals surface area contributed by atoms with E-state index in [0.717, 1.165) is 17.4 Å². The molecule has 0 aliphatic rings. The Morgan fingerprint density at radius 3 is 1.73 bits per heavy atom. The van der Waals surface area contributed by atoms with Gasteiger partial charge in [0.1, 0.15) is 13.2 Å². The van der Waals surface area contributed by atoms with Gasteiger partial charge >= 0.3 is 5.97 Å². The van der Waals surface area contributed by atoms with Crippen molar-refractivity contribution in [2.24, 2.45) is 0 Å². The molecule has 0 fully saturated rings. The lowest BCUT2D eigenvalue weighted by molar-refractivity contribution is -0.870. The molecule has 22 heavy (non-hydrogen) atoms. The highest BCUT2D eigenvalue weighted by molar-refractivity contribution is 5.69. The number of hydrogen-bond donors (Lipinski definition) is 0. The summed E-state index contributed by atoms with van der Waals surface area (Å²) in [5.74, 6) is -0.0250. The fourth-order valence-electron chi connectivity index (χ4n) is 2.26. The van der Waals surface area contributed by atoms with Crippen LogP contribution in [0.3, 0.4) is 0 Å². The number of quaternary nitrogens is 1. The molecule has 0 spiro atoms. The predicted molar refractivity (Wildman–Crippen MR) is 90.3 cm³/mol. The van der Waals surface area contributed by atoms with Crippen LogP contribution in [0.1, 0.15) is 77.6 Å². The van der Waals surface area contributed by atoms with Crippen molar-refractivity contribution in [3.8, 4) is 0 Å². The highest BCUT2D eigenvalue weighted by Crippen LogP contribution is 2.11. The minimum atomic E-state index is -0.0250. The van der Waals surface area contributed by atoms with Gasteiger partial charge in [-0.05, 0) is 6.42 Å². The Hall–Kier alpha value is -0.280. The van der Waals surface area contributed by atoms with Crippen molar-refractivity contribution in [2.45, 2.75) is 77.6 Å². The van der Waals surface area contributed by atoms with E-state index < -0.39 is 0 Å². The molecule has 0 N–H and O–H groups in total. The number of likely N-dealkylation sites (N-methyl/N-ethyl adjacent to an activating group) is 1. The number of nitrogens with zero attached hydrogens (tertiary/aromatic N) is 1. The molecule has 0 aromatic carbocycles. The van der Waals surface area contributed by atoms with Crippen molar-refractivity contribution >= 4 is 5.97 Å². The quantitative estimate of drug-likeness (QED) is 0.273. The Kier molecular flexibility index (Phi) is 17.0. The van der Waals surface area contributed by atoms with Crippen molar-refractivity contribution in [2.75, 3.05) is 34.3 Å². The van der Waals surface area contributed by atoms with E-state index in [0.29, 0.717) is 13.0 Å². The van der Waals surface area contributed by atoms with E-state index in [4.69, 9.17) is 4.74 Å². The second kappa shape index (κ2) is 15.6. The largest absolute Gasteiger partial charge is 1.00 e. The second-order valence-corrected chi connectivity index (χ2v) is 7.17. The fraction of sp³-hybridized carbons (Fsp3) is 0.944. The summed E-state index contributed by atoms with van der Waals surface area (Å²) < 4.78 is 6.08. The Balaban J connectivity index is 0. The summed E-state index contributed by atoms with van der Waals surface area (Å²) in [4.78, 5) is 11.5. The number of esters is 1. The first-order valence-electron chi connectivity index (χ1n) is 8.92. The first-order chi connectivity index (χ1) is 9.95. The van der Waals surface area contributed by atoms with Crippen LogP contribution in [0.4, 0.5) is 0 Å². The lowest BCUT2D eigenvalue weighted by Crippen LogP contribution is -3.00. The van der Waals surface area contributed by atoms with Gasteiger partial charge in [-0.15, -0.1) is 0 Å². The maximum absolute atomic E-state index is 11.5. The third kappa shape index (κ3) is 19.7. The van der Waals surface area contributed by atoms with Crippen LogP contribution in [0.15, 0.2) is 0 Å². The zero-order valence-electron chi connectivity index (χ0n) is 15.3. The van der Waals surface area contributed by atoms with E-state index in [1.807, 2.05) is 0 Å². The Labute approximate surface area is 144 Å². The summed E-state index contributed by atoms with van der Waals surface area (Å²) in [6, 6.07) is 0. The van der Waals surface area contributed by atoms with Crippen LogP contribution in [-0.2, 0) is 9.53 Å². The summed E-state index contributed by atoms with van der Waals surface area (Å²) in [5, 5.41) is 0. The van der Waals surface area contributed by atoms with E-state index >= 15 is 0 Å². The molecule has 3 nitrogen and oxygen atoms in total. The molecule has 4 heteroatoms. The minimum Gasteiger partial charge on any atom is -1.00 e. The number of unbranched alkanes of at least 4 members (excludes halogenated alkanes) is 9. The van der Waals surface area contributed by atoms with Gasteiger partial charge in [0.2, 0.25) is 0 Å². The zero-order valence-corrected chi connectivity index (χ0v) is 16.1. The average molecular weight is 336 g/mol. The van der Waals surface area contributed by atoms with Crippen molar-refractivity contribution in [3.63, 3.8) is 0 Å². The molecule has 134 valence electrons. The number of ether oxygens (including phenoxy) is 1. The molecule has 0 rings (SSSR count). The maximum Gasteiger partial charge on any atom is 0.305 e. The SMILES string of the molecule is CCCCCCCCCCCCC(=O)OCC[N+](C)(C)C.[Cl-]. The predicted octanol–water partition coefficient (Wildman–Crippen LogP) is 1.55. The van der Waals surface area contributed by atoms with Crippen LogP contribution in [0.25, 0.3) is 0 Å². The number of rotatable bonds is 14. The summed E-state index contributed by atoms with van der Waals surface area (Å²) in [7, 11) is 6.32. The van der Waals surface area contributed by atoms with Gasteiger partial charge in [0, 0.05) is 6.42 Å². The van der Waals surface area contributed by atoms with Gasteiger partial charge in [0.25, 0.3) is 0 Å². The highest BCUT2D eigenvalue weighted by Gasteiger charge is 2.09. The topological polar surface area (TPSA) is 26.3 Å². The summed E-state index contributed by atoms with van der Waals surface area (Å²) in [6.45, 7) is 3.68. The Morgan fingerprint density at radius 1 is 0.818 bits per heavy atom. The van der Waals surface area contributed by atoms with Gasteiger partial charge in [-0.1, -0.05) is 64.7 Å². The lowest BCUT2D eigenvalue weighted by Gasteiger charge is -2.23. The monoisotopic (exact) mass is 335 g/mol. The van der Waals surface area contributed by atoms with Crippen molar-refractivity contribution < 1.29 is 26.4 Å². The van der Waals surface area contributed by atoms with Gasteiger partial charge in [-0.3, -0.25) is 4.79 Å². The summed E-state index contributed by atoms with van der Waals surface area (Å²) in [5.41, 5.74) is 0. The van der Waals surface area contributed by atoms with E-state index in [-0.39, 0.29) is 18.4 Å². The molecule has 0 radical (unpaired) electrons. The summed E-state index contributed by atoms with van der Waals surface area (Å²) in [6.07, 6.45) is 13.6. The molecule has 0 aromatic rings. The van der Waals surface area contributed by atoms with Gasteiger partial charge in [-0.2, -0.15) is 0 Å². The number of carbonyl (C=O) groups is 1. The molecule has 0 amide bonds. The van der Waals surface area contributed by atoms with Crippen LogP contribution in [0, 0.1) is 0 Å². The second-order valence-electron chi connectivity index (χ2n) is 7.17. The average Bonchev–Trinajstić information content (AvgIpc) is 2.39. The number of carbonyl (C=O) groups excluding carboxylic acids is 1. The molecular weight excluding hydrogens is 298 g/mol. The fourth-order valence-corrected chi connectivity index (χ4v) is 2.26. The van der Waals surface area contributed by atoms with Crippen molar-refractivity contribution in [1.82, 2.24) is 0 Å². The Morgan fingerprint density at radius 2 is 1.27 bits per heavy atom. The minimum absolute atomic E-state index is 0. The van der Waals surface area contributed by atoms with Crippen LogP contribution < -0.4 is 12.4 Å². The molecule has 0 saturated carbocycles. The molecule has 0 heterocycles. The lowest BCUT2D eigenvalue weighted by atomic mass is 10.1. The van der Waals surface area contributed by atoms with E-state index in [1.165, 1.54) is 57.8 Å². The smallest absolute Gasteiger partial charge is 0.305 e. The molecule has 0 saturated heterocycles. The molecule has 0 aromatic heterocycles. The zero-order chi connectivity index (χ0) is 16.0. The molecule has 0 aliphatic heterocycles. The number of halogens is 1. The molecule has 0 unspecified atom stereocenters. The normalized spacial score (nSPS) is 11.1. The van der Waals surface area contributed by atoms with Gasteiger partial charge in [0.05, 0.1) is 21.1 Å². The third-order valence-corrected chi connectivity index (χ3v) is 3.76. The van der Waals surface area contributed by atoms with Gasteiger partial charge < -0.3 is 21.6 Å². The van der Waals surface area contributed by atoms with Crippen molar-refractivity contribution in [1.29, 1.82) is 0 Å². The van der Waals surface area contributed by atoms with E-state index in [1.54, 1.807) is 0 Å². The highest BCUT2D eigenvalue weighted by atomic mass is 35.5. The Bertz CT molecular complexity index is 252. The van der Waals surface area contributed by atoms with Crippen LogP contribution >= 0.6 is 0 Å². The molecule has 0 atom stereocenters. The van der Waals surface area contributed by atoms with Crippen LogP contribution in [0.2, 0.25) is 0 Å². The van der Waals surface area contributed by atoms with Crippen LogP contribution in [0.5, 0.6) is 0 Å². The third-order valence-electron chi connectivity index (χ3n) is 3.76. The van der Waals surface area contributed by atoms with Crippen molar-refractivity contribution in [3.05, 3.63) is 0 Å². The standard InChI is InChI=1S/C18H38NO2.ClH/c1-5-6-7-8-9-10-11-12-13-14-15-18(20)21-17-16-19(2,3)4;/h5-17H2,1-4H3;1H/q+1;/p-1. The first kappa shape index (κ1) is 24.0. The van der Waals surface area contributed by atoms with Gasteiger partial charge in [0.15, 0.2) is 0 Å². The first-order valence-corrected chi connectivity index (χ1v) is 8.92. The molecular formula is C18H38ClNO2. The maximum atomic E-state index is 11.5.